The lowest BCUT2D eigenvalue weighted by Gasteiger charge is -2.39. The highest BCUT2D eigenvalue weighted by molar-refractivity contribution is 4.88. The first-order valence-corrected chi connectivity index (χ1v) is 7.18. The third-order valence-electron chi connectivity index (χ3n) is 4.89. The Kier molecular flexibility index (Phi) is 4.26. The van der Waals surface area contributed by atoms with E-state index in [0.717, 1.165) is 6.04 Å². The SMILES string of the molecule is CCC1(CN2CCCC(NC)C2)CCCC1. The molecular weight excluding hydrogens is 196 g/mol. The van der Waals surface area contributed by atoms with Crippen LogP contribution in [0.15, 0.2) is 0 Å². The van der Waals surface area contributed by atoms with Crippen molar-refractivity contribution in [3.8, 4) is 0 Å². The van der Waals surface area contributed by atoms with Gasteiger partial charge < -0.3 is 10.2 Å². The maximum Gasteiger partial charge on any atom is 0.0192 e. The molecule has 0 amide bonds. The van der Waals surface area contributed by atoms with Crippen molar-refractivity contribution < 1.29 is 0 Å². The molecule has 1 N–H and O–H groups in total. The zero-order valence-corrected chi connectivity index (χ0v) is 11.1. The summed E-state index contributed by atoms with van der Waals surface area (Å²) in [5, 5.41) is 3.45. The molecule has 2 heteroatoms. The highest BCUT2D eigenvalue weighted by Gasteiger charge is 2.34. The Bertz CT molecular complexity index is 209. The molecule has 0 aromatic rings. The van der Waals surface area contributed by atoms with Crippen LogP contribution in [-0.4, -0.2) is 37.6 Å². The van der Waals surface area contributed by atoms with Gasteiger partial charge in [0.05, 0.1) is 0 Å². The summed E-state index contributed by atoms with van der Waals surface area (Å²) in [4.78, 5) is 2.72. The van der Waals surface area contributed by atoms with Gasteiger partial charge in [-0.15, -0.1) is 0 Å². The summed E-state index contributed by atoms with van der Waals surface area (Å²) < 4.78 is 0. The van der Waals surface area contributed by atoms with Gasteiger partial charge in [0.25, 0.3) is 0 Å². The minimum Gasteiger partial charge on any atom is -0.316 e. The summed E-state index contributed by atoms with van der Waals surface area (Å²) in [6.07, 6.45) is 10.0. The molecule has 0 radical (unpaired) electrons. The smallest absolute Gasteiger partial charge is 0.0192 e. The number of hydrogen-bond donors (Lipinski definition) is 1. The summed E-state index contributed by atoms with van der Waals surface area (Å²) in [5.41, 5.74) is 0.676. The number of nitrogens with zero attached hydrogens (tertiary/aromatic N) is 1. The van der Waals surface area contributed by atoms with E-state index >= 15 is 0 Å². The van der Waals surface area contributed by atoms with E-state index in [-0.39, 0.29) is 0 Å². The molecule has 1 aliphatic heterocycles. The number of rotatable bonds is 4. The second-order valence-electron chi connectivity index (χ2n) is 5.92. The van der Waals surface area contributed by atoms with Crippen LogP contribution in [0.25, 0.3) is 0 Å². The number of hydrogen-bond acceptors (Lipinski definition) is 2. The van der Waals surface area contributed by atoms with Crippen LogP contribution in [-0.2, 0) is 0 Å². The zero-order valence-electron chi connectivity index (χ0n) is 11.1. The molecule has 16 heavy (non-hydrogen) atoms. The molecule has 0 spiro atoms. The largest absolute Gasteiger partial charge is 0.316 e. The standard InChI is InChI=1S/C14H28N2/c1-3-14(8-4-5-9-14)12-16-10-6-7-13(11-16)15-2/h13,15H,3-12H2,1-2H3. The van der Waals surface area contributed by atoms with E-state index in [1.54, 1.807) is 0 Å². The van der Waals surface area contributed by atoms with E-state index < -0.39 is 0 Å². The van der Waals surface area contributed by atoms with Gasteiger partial charge in [-0.3, -0.25) is 0 Å². The van der Waals surface area contributed by atoms with Crippen LogP contribution in [0.4, 0.5) is 0 Å². The van der Waals surface area contributed by atoms with E-state index in [2.05, 4.69) is 24.2 Å². The monoisotopic (exact) mass is 224 g/mol. The van der Waals surface area contributed by atoms with Gasteiger partial charge >= 0.3 is 0 Å². The van der Waals surface area contributed by atoms with Crippen molar-refractivity contribution >= 4 is 0 Å². The van der Waals surface area contributed by atoms with Crippen LogP contribution in [0.2, 0.25) is 0 Å². The fourth-order valence-electron chi connectivity index (χ4n) is 3.66. The first kappa shape index (κ1) is 12.4. The summed E-state index contributed by atoms with van der Waals surface area (Å²) in [7, 11) is 2.11. The van der Waals surface area contributed by atoms with E-state index in [4.69, 9.17) is 0 Å². The third kappa shape index (κ3) is 2.78. The molecule has 1 atom stereocenters. The number of likely N-dealkylation sites (tertiary alicyclic amines) is 1. The predicted octanol–water partition coefficient (Wildman–Crippen LogP) is 2.64. The molecule has 2 aliphatic rings. The Hall–Kier alpha value is -0.0800. The van der Waals surface area contributed by atoms with Gasteiger partial charge in [-0.2, -0.15) is 0 Å². The van der Waals surface area contributed by atoms with Crippen molar-refractivity contribution in [1.29, 1.82) is 0 Å². The summed E-state index contributed by atoms with van der Waals surface area (Å²) in [5.74, 6) is 0. The van der Waals surface area contributed by atoms with Crippen molar-refractivity contribution in [2.75, 3.05) is 26.7 Å². The maximum atomic E-state index is 3.45. The molecule has 1 heterocycles. The molecule has 94 valence electrons. The van der Waals surface area contributed by atoms with Gasteiger partial charge in [-0.05, 0) is 51.1 Å². The highest BCUT2D eigenvalue weighted by Crippen LogP contribution is 2.41. The fraction of sp³-hybridized carbons (Fsp3) is 1.00. The highest BCUT2D eigenvalue weighted by atomic mass is 15.2. The molecule has 2 fully saturated rings. The van der Waals surface area contributed by atoms with E-state index in [1.807, 2.05) is 0 Å². The lowest BCUT2D eigenvalue weighted by molar-refractivity contribution is 0.113. The first-order valence-electron chi connectivity index (χ1n) is 7.18. The summed E-state index contributed by atoms with van der Waals surface area (Å²) in [6, 6.07) is 0.740. The lowest BCUT2D eigenvalue weighted by atomic mass is 9.82. The van der Waals surface area contributed by atoms with Gasteiger partial charge in [0.15, 0.2) is 0 Å². The second-order valence-corrected chi connectivity index (χ2v) is 5.92. The Morgan fingerprint density at radius 1 is 1.25 bits per heavy atom. The molecule has 1 saturated heterocycles. The predicted molar refractivity (Wildman–Crippen MR) is 69.7 cm³/mol. The Labute approximate surface area is 101 Å². The molecule has 1 unspecified atom stereocenters. The first-order chi connectivity index (χ1) is 7.78. The van der Waals surface area contributed by atoms with Crippen LogP contribution in [0, 0.1) is 5.41 Å². The van der Waals surface area contributed by atoms with Gasteiger partial charge in [0.2, 0.25) is 0 Å². The van der Waals surface area contributed by atoms with Gasteiger partial charge in [-0.1, -0.05) is 19.8 Å². The van der Waals surface area contributed by atoms with Crippen molar-refractivity contribution in [3.63, 3.8) is 0 Å². The minimum absolute atomic E-state index is 0.676. The number of nitrogens with one attached hydrogen (secondary N) is 1. The Balaban J connectivity index is 1.87. The number of piperidine rings is 1. The average molecular weight is 224 g/mol. The van der Waals surface area contributed by atoms with Crippen molar-refractivity contribution in [2.45, 2.75) is 57.9 Å². The fourth-order valence-corrected chi connectivity index (χ4v) is 3.66. The molecule has 0 bridgehead atoms. The van der Waals surface area contributed by atoms with Gasteiger partial charge in [0.1, 0.15) is 0 Å². The summed E-state index contributed by atoms with van der Waals surface area (Å²) >= 11 is 0. The van der Waals surface area contributed by atoms with Crippen LogP contribution in [0.5, 0.6) is 0 Å². The van der Waals surface area contributed by atoms with Crippen molar-refractivity contribution in [1.82, 2.24) is 10.2 Å². The number of likely N-dealkylation sites (N-methyl/N-ethyl adjacent to an activating group) is 1. The van der Waals surface area contributed by atoms with Crippen molar-refractivity contribution in [3.05, 3.63) is 0 Å². The van der Waals surface area contributed by atoms with Crippen LogP contribution in [0.3, 0.4) is 0 Å². The van der Waals surface area contributed by atoms with Gasteiger partial charge in [0, 0.05) is 19.1 Å². The summed E-state index contributed by atoms with van der Waals surface area (Å²) in [6.45, 7) is 6.37. The molecule has 0 aromatic heterocycles. The lowest BCUT2D eigenvalue weighted by Crippen LogP contribution is -2.47. The zero-order chi connectivity index (χ0) is 11.4. The molecule has 2 rings (SSSR count). The molecule has 2 nitrogen and oxygen atoms in total. The Morgan fingerprint density at radius 3 is 2.62 bits per heavy atom. The van der Waals surface area contributed by atoms with Crippen molar-refractivity contribution in [2.24, 2.45) is 5.41 Å². The van der Waals surface area contributed by atoms with Crippen LogP contribution in [0.1, 0.15) is 51.9 Å². The normalized spacial score (nSPS) is 30.8. The average Bonchev–Trinajstić information content (AvgIpc) is 2.78. The maximum absolute atomic E-state index is 3.45. The van der Waals surface area contributed by atoms with Gasteiger partial charge in [-0.25, -0.2) is 0 Å². The topological polar surface area (TPSA) is 15.3 Å². The minimum atomic E-state index is 0.676. The molecule has 1 saturated carbocycles. The van der Waals surface area contributed by atoms with Crippen LogP contribution < -0.4 is 5.32 Å². The second kappa shape index (κ2) is 5.50. The molecular formula is C14H28N2. The third-order valence-corrected chi connectivity index (χ3v) is 4.89. The Morgan fingerprint density at radius 2 is 2.00 bits per heavy atom. The molecule has 1 aliphatic carbocycles. The quantitative estimate of drug-likeness (QED) is 0.790. The van der Waals surface area contributed by atoms with E-state index in [1.165, 1.54) is 64.6 Å². The van der Waals surface area contributed by atoms with E-state index in [0.29, 0.717) is 5.41 Å². The molecule has 0 aromatic carbocycles. The van der Waals surface area contributed by atoms with Crippen LogP contribution >= 0.6 is 0 Å². The van der Waals surface area contributed by atoms with E-state index in [9.17, 15) is 0 Å².